The van der Waals surface area contributed by atoms with Gasteiger partial charge in [-0.15, -0.1) is 0 Å². The number of carbonyl (C=O) groups is 1. The lowest BCUT2D eigenvalue weighted by molar-refractivity contribution is -0.121. The van der Waals surface area contributed by atoms with Crippen LogP contribution in [0.2, 0.25) is 5.02 Å². The summed E-state index contributed by atoms with van der Waals surface area (Å²) in [7, 11) is 0. The van der Waals surface area contributed by atoms with Gasteiger partial charge in [-0.25, -0.2) is 4.39 Å². The number of amides is 1. The minimum atomic E-state index is -0.305. The minimum absolute atomic E-state index is 0.145. The molecule has 0 radical (unpaired) electrons. The van der Waals surface area contributed by atoms with E-state index in [-0.39, 0.29) is 24.2 Å². The Bertz CT molecular complexity index is 879. The molecule has 0 unspecified atom stereocenters. The number of hydrogen-bond donors (Lipinski definition) is 1. The number of aryl methyl sites for hydroxylation is 1. The Morgan fingerprint density at radius 2 is 1.88 bits per heavy atom. The molecule has 26 heavy (non-hydrogen) atoms. The third-order valence-corrected chi connectivity index (χ3v) is 4.14. The zero-order valence-electron chi connectivity index (χ0n) is 14.1. The summed E-state index contributed by atoms with van der Waals surface area (Å²) in [6, 6.07) is 12.9. The van der Waals surface area contributed by atoms with Crippen LogP contribution in [0.1, 0.15) is 30.8 Å². The van der Waals surface area contributed by atoms with Crippen molar-refractivity contribution in [3.8, 4) is 11.4 Å². The van der Waals surface area contributed by atoms with Crippen LogP contribution in [0.15, 0.2) is 53.1 Å². The lowest BCUT2D eigenvalue weighted by atomic mass is 10.1. The lowest BCUT2D eigenvalue weighted by Crippen LogP contribution is -2.26. The topological polar surface area (TPSA) is 68.0 Å². The molecule has 1 atom stereocenters. The van der Waals surface area contributed by atoms with Crippen molar-refractivity contribution in [1.29, 1.82) is 0 Å². The van der Waals surface area contributed by atoms with Crippen LogP contribution >= 0.6 is 11.6 Å². The molecule has 0 spiro atoms. The van der Waals surface area contributed by atoms with Crippen molar-refractivity contribution in [2.75, 3.05) is 0 Å². The predicted molar refractivity (Wildman–Crippen MR) is 96.0 cm³/mol. The predicted octanol–water partition coefficient (Wildman–Crippen LogP) is 4.34. The highest BCUT2D eigenvalue weighted by Crippen LogP contribution is 2.19. The molecule has 0 saturated heterocycles. The molecular weight excluding hydrogens is 357 g/mol. The first-order valence-electron chi connectivity index (χ1n) is 8.14. The van der Waals surface area contributed by atoms with Crippen LogP contribution in [0.25, 0.3) is 11.4 Å². The fourth-order valence-corrected chi connectivity index (χ4v) is 2.57. The van der Waals surface area contributed by atoms with Gasteiger partial charge in [0.2, 0.25) is 17.6 Å². The molecule has 1 heterocycles. The second kappa shape index (κ2) is 8.10. The van der Waals surface area contributed by atoms with Crippen molar-refractivity contribution < 1.29 is 13.7 Å². The summed E-state index contributed by atoms with van der Waals surface area (Å²) in [6.07, 6.45) is 0.552. The number of halogens is 2. The van der Waals surface area contributed by atoms with Crippen LogP contribution in [0.5, 0.6) is 0 Å². The van der Waals surface area contributed by atoms with Gasteiger partial charge in [-0.3, -0.25) is 4.79 Å². The number of benzene rings is 2. The molecule has 0 aliphatic heterocycles. The average Bonchev–Trinajstić information content (AvgIpc) is 3.10. The number of hydrogen-bond acceptors (Lipinski definition) is 4. The molecule has 0 fully saturated rings. The molecule has 3 aromatic rings. The second-order valence-corrected chi connectivity index (χ2v) is 6.30. The number of rotatable bonds is 6. The van der Waals surface area contributed by atoms with Crippen molar-refractivity contribution >= 4 is 17.5 Å². The number of carbonyl (C=O) groups excluding carboxylic acids is 1. The van der Waals surface area contributed by atoms with Gasteiger partial charge in [0, 0.05) is 23.4 Å². The first-order valence-corrected chi connectivity index (χ1v) is 8.52. The van der Waals surface area contributed by atoms with E-state index in [1.165, 1.54) is 12.1 Å². The average molecular weight is 374 g/mol. The van der Waals surface area contributed by atoms with Crippen LogP contribution in [0.3, 0.4) is 0 Å². The fraction of sp³-hybridized carbons (Fsp3) is 0.211. The Labute approximate surface area is 155 Å². The quantitative estimate of drug-likeness (QED) is 0.698. The van der Waals surface area contributed by atoms with Crippen molar-refractivity contribution in [2.45, 2.75) is 25.8 Å². The summed E-state index contributed by atoms with van der Waals surface area (Å²) < 4.78 is 18.1. The second-order valence-electron chi connectivity index (χ2n) is 5.86. The molecule has 134 valence electrons. The van der Waals surface area contributed by atoms with E-state index in [4.69, 9.17) is 16.1 Å². The van der Waals surface area contributed by atoms with Gasteiger partial charge >= 0.3 is 0 Å². The van der Waals surface area contributed by atoms with Gasteiger partial charge in [-0.1, -0.05) is 28.9 Å². The molecule has 5 nitrogen and oxygen atoms in total. The van der Waals surface area contributed by atoms with Crippen LogP contribution < -0.4 is 5.32 Å². The zero-order chi connectivity index (χ0) is 18.5. The van der Waals surface area contributed by atoms with E-state index in [1.54, 1.807) is 36.4 Å². The number of nitrogens with zero attached hydrogens (tertiary/aromatic N) is 2. The van der Waals surface area contributed by atoms with Crippen molar-refractivity contribution in [2.24, 2.45) is 0 Å². The van der Waals surface area contributed by atoms with E-state index in [9.17, 15) is 9.18 Å². The summed E-state index contributed by atoms with van der Waals surface area (Å²) in [5.41, 5.74) is 1.63. The lowest BCUT2D eigenvalue weighted by Gasteiger charge is -2.13. The van der Waals surface area contributed by atoms with Gasteiger partial charge in [-0.05, 0) is 48.9 Å². The highest BCUT2D eigenvalue weighted by atomic mass is 35.5. The molecule has 0 saturated carbocycles. The minimum Gasteiger partial charge on any atom is -0.350 e. The van der Waals surface area contributed by atoms with Gasteiger partial charge in [-0.2, -0.15) is 4.98 Å². The largest absolute Gasteiger partial charge is 0.350 e. The molecular formula is C19H17ClFN3O2. The molecule has 1 amide bonds. The molecule has 7 heteroatoms. The third-order valence-electron chi connectivity index (χ3n) is 3.88. The van der Waals surface area contributed by atoms with Crippen LogP contribution in [0, 0.1) is 5.82 Å². The van der Waals surface area contributed by atoms with Gasteiger partial charge in [0.05, 0.1) is 6.04 Å². The monoisotopic (exact) mass is 373 g/mol. The molecule has 0 bridgehead atoms. The Morgan fingerprint density at radius 1 is 1.19 bits per heavy atom. The van der Waals surface area contributed by atoms with E-state index in [1.807, 2.05) is 6.92 Å². The highest BCUT2D eigenvalue weighted by Gasteiger charge is 2.13. The van der Waals surface area contributed by atoms with Crippen molar-refractivity contribution in [3.05, 3.63) is 70.8 Å². The van der Waals surface area contributed by atoms with E-state index >= 15 is 0 Å². The Kier molecular flexibility index (Phi) is 5.63. The first kappa shape index (κ1) is 18.1. The van der Waals surface area contributed by atoms with Gasteiger partial charge in [0.1, 0.15) is 5.82 Å². The number of aromatic nitrogens is 2. The van der Waals surface area contributed by atoms with E-state index in [2.05, 4.69) is 15.5 Å². The smallest absolute Gasteiger partial charge is 0.227 e. The maximum absolute atomic E-state index is 12.9. The summed E-state index contributed by atoms with van der Waals surface area (Å²) >= 11 is 5.86. The number of nitrogens with one attached hydrogen (secondary N) is 1. The van der Waals surface area contributed by atoms with Gasteiger partial charge in [0.25, 0.3) is 0 Å². The molecule has 1 N–H and O–H groups in total. The normalized spacial score (nSPS) is 12.0. The molecule has 0 aliphatic rings. The van der Waals surface area contributed by atoms with Crippen LogP contribution in [-0.2, 0) is 11.2 Å². The molecule has 3 rings (SSSR count). The summed E-state index contributed by atoms with van der Waals surface area (Å²) in [5.74, 6) is 0.393. The first-order chi connectivity index (χ1) is 12.5. The maximum Gasteiger partial charge on any atom is 0.227 e. The molecule has 0 aliphatic carbocycles. The summed E-state index contributed by atoms with van der Waals surface area (Å²) in [6.45, 7) is 1.84. The van der Waals surface area contributed by atoms with E-state index < -0.39 is 0 Å². The standard InChI is InChI=1S/C19H17ClFN3O2/c1-12(13-4-8-16(21)9-5-13)22-17(25)10-11-18-23-19(24-26-18)14-2-6-15(20)7-3-14/h2-9,12H,10-11H2,1H3,(H,22,25)/t12-/m0/s1. The third kappa shape index (κ3) is 4.67. The van der Waals surface area contributed by atoms with Crippen LogP contribution in [0.4, 0.5) is 4.39 Å². The van der Waals surface area contributed by atoms with Crippen LogP contribution in [-0.4, -0.2) is 16.0 Å². The van der Waals surface area contributed by atoms with Gasteiger partial charge in [0.15, 0.2) is 0 Å². The summed E-state index contributed by atoms with van der Waals surface area (Å²) in [4.78, 5) is 16.4. The van der Waals surface area contributed by atoms with Gasteiger partial charge < -0.3 is 9.84 Å². The maximum atomic E-state index is 12.9. The van der Waals surface area contributed by atoms with E-state index in [0.717, 1.165) is 11.1 Å². The van der Waals surface area contributed by atoms with Crippen molar-refractivity contribution in [1.82, 2.24) is 15.5 Å². The zero-order valence-corrected chi connectivity index (χ0v) is 14.8. The molecule has 1 aromatic heterocycles. The summed E-state index contributed by atoms with van der Waals surface area (Å²) in [5, 5.41) is 7.41. The Balaban J connectivity index is 1.53. The Hall–Kier alpha value is -2.73. The van der Waals surface area contributed by atoms with E-state index in [0.29, 0.717) is 23.2 Å². The molecule has 2 aromatic carbocycles. The Morgan fingerprint density at radius 3 is 2.58 bits per heavy atom. The highest BCUT2D eigenvalue weighted by molar-refractivity contribution is 6.30. The van der Waals surface area contributed by atoms with Crippen molar-refractivity contribution in [3.63, 3.8) is 0 Å². The SMILES string of the molecule is C[C@H](NC(=O)CCc1nc(-c2ccc(Cl)cc2)no1)c1ccc(F)cc1. The fourth-order valence-electron chi connectivity index (χ4n) is 2.44.